The lowest BCUT2D eigenvalue weighted by atomic mass is 10.1. The molecule has 5 heteroatoms. The maximum atomic E-state index is 8.61. The molecule has 0 fully saturated rings. The Labute approximate surface area is 85.7 Å². The van der Waals surface area contributed by atoms with Crippen molar-refractivity contribution < 1.29 is 14.7 Å². The van der Waals surface area contributed by atoms with Crippen LogP contribution in [0.2, 0.25) is 0 Å². The molecule has 0 aliphatic carbocycles. The highest BCUT2D eigenvalue weighted by atomic mass is 79.9. The Morgan fingerprint density at radius 1 is 1.23 bits per heavy atom. The zero-order valence-corrected chi connectivity index (χ0v) is 9.00. The van der Waals surface area contributed by atoms with E-state index in [9.17, 15) is 0 Å². The van der Waals surface area contributed by atoms with Gasteiger partial charge in [-0.15, -0.1) is 0 Å². The molecule has 1 aromatic carbocycles. The summed E-state index contributed by atoms with van der Waals surface area (Å²) in [6.45, 7) is 3.74. The van der Waals surface area contributed by atoms with Crippen molar-refractivity contribution in [2.24, 2.45) is 0 Å². The first-order chi connectivity index (χ1) is 6.00. The minimum atomic E-state index is -1.76. The molecule has 0 spiro atoms. The van der Waals surface area contributed by atoms with Crippen LogP contribution in [0.1, 0.15) is 11.1 Å². The molecule has 0 saturated heterocycles. The highest BCUT2D eigenvalue weighted by Gasteiger charge is 2.13. The predicted molar refractivity (Wildman–Crippen MR) is 54.4 cm³/mol. The second kappa shape index (κ2) is 4.13. The number of hydrogen-bond donors (Lipinski definition) is 2. The van der Waals surface area contributed by atoms with Gasteiger partial charge in [0.15, 0.2) is 0 Å². The molecular weight excluding hydrogens is 235 g/mol. The topological polar surface area (TPSA) is 49.7 Å². The van der Waals surface area contributed by atoms with Crippen LogP contribution in [0.3, 0.4) is 0 Å². The zero-order valence-electron chi connectivity index (χ0n) is 7.41. The fraction of sp³-hybridized carbons (Fsp3) is 0.250. The standard InChI is InChI=1S/C8H10BBrO3/c1-5-4-8(13-9(11)12)6(2)3-7(5)10/h3-4,11-12H,1-2H3. The third-order valence-electron chi connectivity index (χ3n) is 1.69. The van der Waals surface area contributed by atoms with Crippen LogP contribution in [0.25, 0.3) is 0 Å². The highest BCUT2D eigenvalue weighted by molar-refractivity contribution is 9.10. The average Bonchev–Trinajstić information content (AvgIpc) is 1.99. The van der Waals surface area contributed by atoms with Gasteiger partial charge in [-0.25, -0.2) is 0 Å². The van der Waals surface area contributed by atoms with Crippen LogP contribution in [0, 0.1) is 13.8 Å². The van der Waals surface area contributed by atoms with E-state index >= 15 is 0 Å². The van der Waals surface area contributed by atoms with E-state index in [-0.39, 0.29) is 0 Å². The normalized spacial score (nSPS) is 9.92. The Morgan fingerprint density at radius 3 is 2.38 bits per heavy atom. The smallest absolute Gasteiger partial charge is 0.512 e. The Kier molecular flexibility index (Phi) is 3.36. The lowest BCUT2D eigenvalue weighted by Gasteiger charge is -2.10. The van der Waals surface area contributed by atoms with Gasteiger partial charge in [-0.2, -0.15) is 0 Å². The van der Waals surface area contributed by atoms with Gasteiger partial charge in [-0.05, 0) is 37.1 Å². The van der Waals surface area contributed by atoms with Gasteiger partial charge in [0, 0.05) is 4.47 Å². The molecule has 2 N–H and O–H groups in total. The summed E-state index contributed by atoms with van der Waals surface area (Å²) in [7, 11) is -1.76. The largest absolute Gasteiger partial charge is 0.707 e. The van der Waals surface area contributed by atoms with Crippen LogP contribution in [-0.2, 0) is 0 Å². The first-order valence-electron chi connectivity index (χ1n) is 3.80. The van der Waals surface area contributed by atoms with Crippen molar-refractivity contribution in [3.8, 4) is 5.75 Å². The lowest BCUT2D eigenvalue weighted by Crippen LogP contribution is -2.21. The molecule has 1 rings (SSSR count). The van der Waals surface area contributed by atoms with E-state index in [0.29, 0.717) is 5.75 Å². The molecule has 0 atom stereocenters. The SMILES string of the molecule is Cc1cc(OB(O)O)c(C)cc1Br. The maximum absolute atomic E-state index is 8.61. The first kappa shape index (κ1) is 10.6. The Balaban J connectivity index is 3.01. The summed E-state index contributed by atoms with van der Waals surface area (Å²) >= 11 is 3.37. The van der Waals surface area contributed by atoms with Gasteiger partial charge < -0.3 is 14.7 Å². The minimum absolute atomic E-state index is 0.482. The molecule has 0 bridgehead atoms. The quantitative estimate of drug-likeness (QED) is 0.774. The molecule has 0 aliphatic rings. The van der Waals surface area contributed by atoms with Crippen molar-refractivity contribution in [2.75, 3.05) is 0 Å². The maximum Gasteiger partial charge on any atom is 0.707 e. The van der Waals surface area contributed by atoms with Crippen molar-refractivity contribution in [1.82, 2.24) is 0 Å². The third kappa shape index (κ3) is 2.72. The van der Waals surface area contributed by atoms with Gasteiger partial charge in [-0.1, -0.05) is 15.9 Å². The van der Waals surface area contributed by atoms with Crippen LogP contribution in [-0.4, -0.2) is 17.4 Å². The fourth-order valence-electron chi connectivity index (χ4n) is 0.995. The van der Waals surface area contributed by atoms with Crippen molar-refractivity contribution in [3.63, 3.8) is 0 Å². The van der Waals surface area contributed by atoms with Gasteiger partial charge in [-0.3, -0.25) is 0 Å². The van der Waals surface area contributed by atoms with Gasteiger partial charge in [0.2, 0.25) is 0 Å². The van der Waals surface area contributed by atoms with Crippen molar-refractivity contribution in [3.05, 3.63) is 27.7 Å². The molecule has 0 unspecified atom stereocenters. The van der Waals surface area contributed by atoms with E-state index < -0.39 is 7.32 Å². The Hall–Kier alpha value is -0.515. The predicted octanol–water partition coefficient (Wildman–Crippen LogP) is 1.41. The van der Waals surface area contributed by atoms with Gasteiger partial charge in [0.05, 0.1) is 0 Å². The molecule has 0 aromatic heterocycles. The summed E-state index contributed by atoms with van der Waals surface area (Å²) in [6, 6.07) is 3.62. The van der Waals surface area contributed by atoms with Gasteiger partial charge in [0.25, 0.3) is 0 Å². The summed E-state index contributed by atoms with van der Waals surface area (Å²) in [6.07, 6.45) is 0. The molecule has 0 aliphatic heterocycles. The van der Waals surface area contributed by atoms with Crippen LogP contribution in [0.5, 0.6) is 5.75 Å². The highest BCUT2D eigenvalue weighted by Crippen LogP contribution is 2.26. The molecule has 0 amide bonds. The lowest BCUT2D eigenvalue weighted by molar-refractivity contribution is 0.287. The second-order valence-corrected chi connectivity index (χ2v) is 3.67. The van der Waals surface area contributed by atoms with Crippen LogP contribution >= 0.6 is 15.9 Å². The van der Waals surface area contributed by atoms with Gasteiger partial charge in [0.1, 0.15) is 5.75 Å². The number of halogens is 1. The first-order valence-corrected chi connectivity index (χ1v) is 4.59. The van der Waals surface area contributed by atoms with Crippen molar-refractivity contribution in [1.29, 1.82) is 0 Å². The average molecular weight is 245 g/mol. The molecule has 0 radical (unpaired) electrons. The second-order valence-electron chi connectivity index (χ2n) is 2.81. The van der Waals surface area contributed by atoms with E-state index in [1.165, 1.54) is 0 Å². The molecular formula is C8H10BBrO3. The van der Waals surface area contributed by atoms with E-state index in [1.807, 2.05) is 19.9 Å². The number of hydrogen-bond acceptors (Lipinski definition) is 3. The summed E-state index contributed by atoms with van der Waals surface area (Å²) in [5.74, 6) is 0.482. The van der Waals surface area contributed by atoms with Crippen LogP contribution < -0.4 is 4.65 Å². The molecule has 70 valence electrons. The molecule has 0 saturated carbocycles. The number of aryl methyl sites for hydroxylation is 2. The van der Waals surface area contributed by atoms with Crippen LogP contribution in [0.15, 0.2) is 16.6 Å². The fourth-order valence-corrected chi connectivity index (χ4v) is 1.45. The number of rotatable bonds is 2. The monoisotopic (exact) mass is 244 g/mol. The summed E-state index contributed by atoms with van der Waals surface area (Å²) in [5, 5.41) is 17.2. The van der Waals surface area contributed by atoms with E-state index in [4.69, 9.17) is 14.7 Å². The molecule has 1 aromatic rings. The molecule has 3 nitrogen and oxygen atoms in total. The number of benzene rings is 1. The van der Waals surface area contributed by atoms with Crippen molar-refractivity contribution in [2.45, 2.75) is 13.8 Å². The Morgan fingerprint density at radius 2 is 1.85 bits per heavy atom. The third-order valence-corrected chi connectivity index (χ3v) is 2.54. The van der Waals surface area contributed by atoms with E-state index in [1.54, 1.807) is 6.07 Å². The Bertz CT molecular complexity index is 315. The summed E-state index contributed by atoms with van der Waals surface area (Å²) in [5.41, 5.74) is 1.84. The molecule has 0 heterocycles. The van der Waals surface area contributed by atoms with Crippen LogP contribution in [0.4, 0.5) is 0 Å². The van der Waals surface area contributed by atoms with E-state index in [2.05, 4.69) is 15.9 Å². The summed E-state index contributed by atoms with van der Waals surface area (Å²) < 4.78 is 5.75. The molecule has 13 heavy (non-hydrogen) atoms. The zero-order chi connectivity index (χ0) is 10.0. The van der Waals surface area contributed by atoms with Gasteiger partial charge >= 0.3 is 7.32 Å². The summed E-state index contributed by atoms with van der Waals surface area (Å²) in [4.78, 5) is 0. The minimum Gasteiger partial charge on any atom is -0.512 e. The van der Waals surface area contributed by atoms with Crippen molar-refractivity contribution >= 4 is 23.3 Å². The van der Waals surface area contributed by atoms with E-state index in [0.717, 1.165) is 15.6 Å².